The lowest BCUT2D eigenvalue weighted by Crippen LogP contribution is -2.42. The molecule has 1 N–H and O–H groups in total. The molecule has 5 nitrogen and oxygen atoms in total. The molecule has 5 heteroatoms. The molecular weight excluding hydrogens is 218 g/mol. The second-order valence-corrected chi connectivity index (χ2v) is 4.04. The summed E-state index contributed by atoms with van der Waals surface area (Å²) in [7, 11) is 1.74. The van der Waals surface area contributed by atoms with Gasteiger partial charge in [0.2, 0.25) is 5.91 Å². The SMILES string of the molecule is CN(C(=O)CC1CNCCO1)c1ccccn1. The fraction of sp³-hybridized carbons (Fsp3) is 0.500. The molecule has 1 amide bonds. The van der Waals surface area contributed by atoms with Crippen molar-refractivity contribution < 1.29 is 9.53 Å². The van der Waals surface area contributed by atoms with Gasteiger partial charge in [0.25, 0.3) is 0 Å². The molecule has 0 spiro atoms. The average Bonchev–Trinajstić information content (AvgIpc) is 2.40. The molecule has 1 atom stereocenters. The van der Waals surface area contributed by atoms with E-state index in [0.29, 0.717) is 18.8 Å². The quantitative estimate of drug-likeness (QED) is 0.825. The van der Waals surface area contributed by atoms with Crippen molar-refractivity contribution in [3.8, 4) is 0 Å². The highest BCUT2D eigenvalue weighted by Gasteiger charge is 2.20. The molecule has 1 fully saturated rings. The van der Waals surface area contributed by atoms with Crippen LogP contribution in [-0.2, 0) is 9.53 Å². The molecule has 2 heterocycles. The normalized spacial score (nSPS) is 19.9. The molecular formula is C12H17N3O2. The predicted molar refractivity (Wildman–Crippen MR) is 64.9 cm³/mol. The van der Waals surface area contributed by atoms with Gasteiger partial charge in [-0.3, -0.25) is 9.69 Å². The van der Waals surface area contributed by atoms with E-state index in [1.165, 1.54) is 0 Å². The second kappa shape index (κ2) is 5.75. The summed E-state index contributed by atoms with van der Waals surface area (Å²) in [5.41, 5.74) is 0. The van der Waals surface area contributed by atoms with Crippen molar-refractivity contribution in [3.63, 3.8) is 0 Å². The van der Waals surface area contributed by atoms with Crippen LogP contribution in [0.1, 0.15) is 6.42 Å². The third kappa shape index (κ3) is 3.25. The Morgan fingerprint density at radius 3 is 3.18 bits per heavy atom. The van der Waals surface area contributed by atoms with E-state index in [2.05, 4.69) is 10.3 Å². The molecule has 1 aliphatic heterocycles. The number of morpholine rings is 1. The van der Waals surface area contributed by atoms with Gasteiger partial charge in [-0.05, 0) is 12.1 Å². The lowest BCUT2D eigenvalue weighted by molar-refractivity contribution is -0.121. The number of nitrogens with one attached hydrogen (secondary N) is 1. The van der Waals surface area contributed by atoms with E-state index in [1.807, 2.05) is 18.2 Å². The summed E-state index contributed by atoms with van der Waals surface area (Å²) in [6.45, 7) is 2.27. The third-order valence-electron chi connectivity index (χ3n) is 2.77. The summed E-state index contributed by atoms with van der Waals surface area (Å²) < 4.78 is 5.50. The van der Waals surface area contributed by atoms with Crippen LogP contribution in [-0.4, -0.2) is 43.7 Å². The van der Waals surface area contributed by atoms with E-state index in [-0.39, 0.29) is 12.0 Å². The van der Waals surface area contributed by atoms with Gasteiger partial charge in [0, 0.05) is 26.3 Å². The van der Waals surface area contributed by atoms with E-state index in [9.17, 15) is 4.79 Å². The standard InChI is InChI=1S/C12H17N3O2/c1-15(11-4-2-3-5-14-11)12(16)8-10-9-13-6-7-17-10/h2-5,10,13H,6-9H2,1H3. The summed E-state index contributed by atoms with van der Waals surface area (Å²) >= 11 is 0. The minimum atomic E-state index is -0.0255. The molecule has 1 saturated heterocycles. The van der Waals surface area contributed by atoms with Gasteiger partial charge >= 0.3 is 0 Å². The maximum absolute atomic E-state index is 12.0. The number of hydrogen-bond donors (Lipinski definition) is 1. The lowest BCUT2D eigenvalue weighted by atomic mass is 10.2. The minimum absolute atomic E-state index is 0.0254. The summed E-state index contributed by atoms with van der Waals surface area (Å²) in [4.78, 5) is 17.7. The van der Waals surface area contributed by atoms with Crippen LogP contribution in [0.5, 0.6) is 0 Å². The first-order valence-corrected chi connectivity index (χ1v) is 5.77. The zero-order valence-corrected chi connectivity index (χ0v) is 9.93. The molecule has 0 aromatic carbocycles. The Hall–Kier alpha value is -1.46. The number of pyridine rings is 1. The molecule has 92 valence electrons. The topological polar surface area (TPSA) is 54.5 Å². The average molecular weight is 235 g/mol. The Labute approximate surface area is 101 Å². The number of rotatable bonds is 3. The Balaban J connectivity index is 1.91. The molecule has 2 rings (SSSR count). The number of ether oxygens (including phenoxy) is 1. The fourth-order valence-electron chi connectivity index (χ4n) is 1.76. The second-order valence-electron chi connectivity index (χ2n) is 4.04. The molecule has 1 aliphatic rings. The molecule has 17 heavy (non-hydrogen) atoms. The fourth-order valence-corrected chi connectivity index (χ4v) is 1.76. The smallest absolute Gasteiger partial charge is 0.230 e. The number of aromatic nitrogens is 1. The van der Waals surface area contributed by atoms with Crippen LogP contribution in [0.25, 0.3) is 0 Å². The number of hydrogen-bond acceptors (Lipinski definition) is 4. The van der Waals surface area contributed by atoms with E-state index in [1.54, 1.807) is 18.1 Å². The number of anilines is 1. The van der Waals surface area contributed by atoms with Gasteiger partial charge in [0.15, 0.2) is 0 Å². The van der Waals surface area contributed by atoms with Crippen molar-refractivity contribution in [2.75, 3.05) is 31.6 Å². The van der Waals surface area contributed by atoms with E-state index < -0.39 is 0 Å². The number of amides is 1. The van der Waals surface area contributed by atoms with Gasteiger partial charge in [0.1, 0.15) is 5.82 Å². The Kier molecular flexibility index (Phi) is 4.06. The van der Waals surface area contributed by atoms with E-state index in [0.717, 1.165) is 13.1 Å². The highest BCUT2D eigenvalue weighted by atomic mass is 16.5. The van der Waals surface area contributed by atoms with Crippen molar-refractivity contribution in [2.45, 2.75) is 12.5 Å². The number of carbonyl (C=O) groups excluding carboxylic acids is 1. The Bertz CT molecular complexity index is 363. The van der Waals surface area contributed by atoms with Crippen LogP contribution in [0, 0.1) is 0 Å². The highest BCUT2D eigenvalue weighted by molar-refractivity contribution is 5.92. The largest absolute Gasteiger partial charge is 0.375 e. The number of nitrogens with zero attached hydrogens (tertiary/aromatic N) is 2. The van der Waals surface area contributed by atoms with E-state index >= 15 is 0 Å². The van der Waals surface area contributed by atoms with Crippen molar-refractivity contribution in [3.05, 3.63) is 24.4 Å². The van der Waals surface area contributed by atoms with Gasteiger partial charge in [-0.1, -0.05) is 6.07 Å². The van der Waals surface area contributed by atoms with Crippen molar-refractivity contribution in [2.24, 2.45) is 0 Å². The minimum Gasteiger partial charge on any atom is -0.375 e. The van der Waals surface area contributed by atoms with Crippen molar-refractivity contribution >= 4 is 11.7 Å². The zero-order valence-electron chi connectivity index (χ0n) is 9.93. The van der Waals surface area contributed by atoms with Crippen molar-refractivity contribution in [1.29, 1.82) is 0 Å². The van der Waals surface area contributed by atoms with Crippen LogP contribution < -0.4 is 10.2 Å². The summed E-state index contributed by atoms with van der Waals surface area (Å²) in [5, 5.41) is 3.21. The maximum atomic E-state index is 12.0. The summed E-state index contributed by atoms with van der Waals surface area (Å²) in [6.07, 6.45) is 2.04. The van der Waals surface area contributed by atoms with Crippen LogP contribution in [0.15, 0.2) is 24.4 Å². The summed E-state index contributed by atoms with van der Waals surface area (Å²) in [5.74, 6) is 0.693. The maximum Gasteiger partial charge on any atom is 0.230 e. The molecule has 1 aromatic rings. The van der Waals surface area contributed by atoms with Crippen molar-refractivity contribution in [1.82, 2.24) is 10.3 Å². The van der Waals surface area contributed by atoms with E-state index in [4.69, 9.17) is 4.74 Å². The molecule has 0 radical (unpaired) electrons. The highest BCUT2D eigenvalue weighted by Crippen LogP contribution is 2.10. The zero-order chi connectivity index (χ0) is 12.1. The van der Waals surface area contributed by atoms with Gasteiger partial charge in [0.05, 0.1) is 19.1 Å². The van der Waals surface area contributed by atoms with Crippen LogP contribution in [0.3, 0.4) is 0 Å². The molecule has 1 aromatic heterocycles. The molecule has 0 bridgehead atoms. The summed E-state index contributed by atoms with van der Waals surface area (Å²) in [6, 6.07) is 5.51. The third-order valence-corrected chi connectivity index (χ3v) is 2.77. The first-order valence-electron chi connectivity index (χ1n) is 5.77. The molecule has 0 saturated carbocycles. The van der Waals surface area contributed by atoms with Crippen LogP contribution >= 0.6 is 0 Å². The molecule has 0 aliphatic carbocycles. The van der Waals surface area contributed by atoms with Crippen LogP contribution in [0.2, 0.25) is 0 Å². The van der Waals surface area contributed by atoms with Gasteiger partial charge in [-0.25, -0.2) is 4.98 Å². The first kappa shape index (κ1) is 12.0. The first-order chi connectivity index (χ1) is 8.27. The van der Waals surface area contributed by atoms with Crippen LogP contribution in [0.4, 0.5) is 5.82 Å². The van der Waals surface area contributed by atoms with Gasteiger partial charge in [-0.2, -0.15) is 0 Å². The number of carbonyl (C=O) groups is 1. The van der Waals surface area contributed by atoms with Gasteiger partial charge in [-0.15, -0.1) is 0 Å². The lowest BCUT2D eigenvalue weighted by Gasteiger charge is -2.25. The predicted octanol–water partition coefficient (Wildman–Crippen LogP) is 0.423. The Morgan fingerprint density at radius 2 is 2.53 bits per heavy atom. The van der Waals surface area contributed by atoms with Gasteiger partial charge < -0.3 is 10.1 Å². The Morgan fingerprint density at radius 1 is 1.65 bits per heavy atom. The molecule has 1 unspecified atom stereocenters. The monoisotopic (exact) mass is 235 g/mol.